The van der Waals surface area contributed by atoms with E-state index in [1.54, 1.807) is 18.2 Å². The number of Topliss-reactive ketones (excluding diaryl/α,β-unsaturated/α-hetero) is 1. The van der Waals surface area contributed by atoms with Gasteiger partial charge in [-0.15, -0.1) is 0 Å². The van der Waals surface area contributed by atoms with Crippen LogP contribution in [0.1, 0.15) is 33.2 Å². The van der Waals surface area contributed by atoms with Crippen molar-refractivity contribution in [1.29, 1.82) is 0 Å². The van der Waals surface area contributed by atoms with E-state index in [4.69, 9.17) is 22.1 Å². The average Bonchev–Trinajstić information content (AvgIpc) is 2.47. The molecule has 5 heteroatoms. The molecule has 2 aromatic rings. The van der Waals surface area contributed by atoms with Gasteiger partial charge < -0.3 is 10.5 Å². The molecule has 0 unspecified atom stereocenters. The molecule has 22 heavy (non-hydrogen) atoms. The average molecular weight is 318 g/mol. The topological polar surface area (TPSA) is 69.4 Å². The van der Waals surface area contributed by atoms with Crippen molar-refractivity contribution in [2.45, 2.75) is 20.0 Å². The molecule has 0 aliphatic heterocycles. The van der Waals surface area contributed by atoms with Crippen LogP contribution in [-0.4, -0.2) is 17.9 Å². The number of nitrogens with two attached hydrogens (primary N) is 1. The summed E-state index contributed by atoms with van der Waals surface area (Å²) in [6.07, 6.45) is -0.898. The van der Waals surface area contributed by atoms with E-state index < -0.39 is 12.1 Å². The first kappa shape index (κ1) is 16.0. The van der Waals surface area contributed by atoms with E-state index in [2.05, 4.69) is 0 Å². The van der Waals surface area contributed by atoms with Gasteiger partial charge in [0.25, 0.3) is 0 Å². The van der Waals surface area contributed by atoms with Crippen LogP contribution >= 0.6 is 11.6 Å². The molecule has 2 aromatic carbocycles. The molecule has 2 N–H and O–H groups in total. The number of hydrogen-bond donors (Lipinski definition) is 1. The monoisotopic (exact) mass is 317 g/mol. The maximum absolute atomic E-state index is 12.2. The molecule has 0 aliphatic rings. The molecule has 0 heterocycles. The summed E-state index contributed by atoms with van der Waals surface area (Å²) >= 11 is 5.78. The second-order valence-corrected chi connectivity index (χ2v) is 5.45. The first-order valence-corrected chi connectivity index (χ1v) is 7.13. The third-order valence-electron chi connectivity index (χ3n) is 3.22. The summed E-state index contributed by atoms with van der Waals surface area (Å²) in [6, 6.07) is 11.6. The number of carbonyl (C=O) groups is 2. The number of benzene rings is 2. The molecule has 0 saturated heterocycles. The van der Waals surface area contributed by atoms with Gasteiger partial charge in [0.2, 0.25) is 5.78 Å². The number of halogens is 1. The maximum atomic E-state index is 12.2. The Balaban J connectivity index is 2.10. The largest absolute Gasteiger partial charge is 0.451 e. The highest BCUT2D eigenvalue weighted by Crippen LogP contribution is 2.20. The van der Waals surface area contributed by atoms with Crippen molar-refractivity contribution in [3.63, 3.8) is 0 Å². The van der Waals surface area contributed by atoms with E-state index in [1.165, 1.54) is 19.1 Å². The summed E-state index contributed by atoms with van der Waals surface area (Å²) in [4.78, 5) is 24.3. The van der Waals surface area contributed by atoms with Gasteiger partial charge >= 0.3 is 5.97 Å². The number of esters is 1. The van der Waals surface area contributed by atoms with Gasteiger partial charge in [-0.25, -0.2) is 4.79 Å². The van der Waals surface area contributed by atoms with Gasteiger partial charge in [0, 0.05) is 16.3 Å². The van der Waals surface area contributed by atoms with Crippen molar-refractivity contribution in [3.8, 4) is 0 Å². The molecule has 0 fully saturated rings. The van der Waals surface area contributed by atoms with Gasteiger partial charge in [0.15, 0.2) is 6.10 Å². The minimum atomic E-state index is -0.898. The summed E-state index contributed by atoms with van der Waals surface area (Å²) in [5.41, 5.74) is 7.68. The van der Waals surface area contributed by atoms with Crippen molar-refractivity contribution in [2.75, 3.05) is 5.73 Å². The van der Waals surface area contributed by atoms with Gasteiger partial charge in [0.05, 0.1) is 5.56 Å². The molecular weight excluding hydrogens is 302 g/mol. The molecule has 2 rings (SSSR count). The molecule has 1 atom stereocenters. The molecule has 0 amide bonds. The SMILES string of the molecule is Cc1ccc(C(=O)[C@H](C)OC(=O)c2ccc(Cl)cc2N)cc1. The fraction of sp³-hybridized carbons (Fsp3) is 0.176. The second-order valence-electron chi connectivity index (χ2n) is 5.01. The normalized spacial score (nSPS) is 11.8. The second kappa shape index (κ2) is 6.62. The van der Waals surface area contributed by atoms with E-state index >= 15 is 0 Å². The zero-order chi connectivity index (χ0) is 16.3. The lowest BCUT2D eigenvalue weighted by Gasteiger charge is -2.13. The van der Waals surface area contributed by atoms with E-state index in [0.717, 1.165) is 5.56 Å². The lowest BCUT2D eigenvalue weighted by Crippen LogP contribution is -2.24. The number of hydrogen-bond acceptors (Lipinski definition) is 4. The van der Waals surface area contributed by atoms with Crippen LogP contribution in [0, 0.1) is 6.92 Å². The summed E-state index contributed by atoms with van der Waals surface area (Å²) in [6.45, 7) is 3.47. The molecule has 0 saturated carbocycles. The van der Waals surface area contributed by atoms with Gasteiger partial charge in [-0.3, -0.25) is 4.79 Å². The quantitative estimate of drug-likeness (QED) is 0.531. The fourth-order valence-corrected chi connectivity index (χ4v) is 2.13. The van der Waals surface area contributed by atoms with Crippen molar-refractivity contribution in [3.05, 3.63) is 64.2 Å². The predicted molar refractivity (Wildman–Crippen MR) is 86.3 cm³/mol. The Morgan fingerprint density at radius 1 is 1.14 bits per heavy atom. The minimum Gasteiger partial charge on any atom is -0.451 e. The zero-order valence-corrected chi connectivity index (χ0v) is 13.1. The smallest absolute Gasteiger partial charge is 0.340 e. The van der Waals surface area contributed by atoms with E-state index in [-0.39, 0.29) is 17.0 Å². The van der Waals surface area contributed by atoms with Crippen LogP contribution in [0.4, 0.5) is 5.69 Å². The third-order valence-corrected chi connectivity index (χ3v) is 3.46. The Kier molecular flexibility index (Phi) is 4.83. The van der Waals surface area contributed by atoms with E-state index in [9.17, 15) is 9.59 Å². The van der Waals surface area contributed by atoms with Crippen LogP contribution in [0.25, 0.3) is 0 Å². The molecule has 4 nitrogen and oxygen atoms in total. The highest BCUT2D eigenvalue weighted by molar-refractivity contribution is 6.31. The number of anilines is 1. The van der Waals surface area contributed by atoms with Gasteiger partial charge in [0.1, 0.15) is 0 Å². The maximum Gasteiger partial charge on any atom is 0.340 e. The van der Waals surface area contributed by atoms with Crippen LogP contribution in [0.2, 0.25) is 5.02 Å². The highest BCUT2D eigenvalue weighted by atomic mass is 35.5. The Labute approximate surface area is 133 Å². The van der Waals surface area contributed by atoms with Gasteiger partial charge in [-0.05, 0) is 32.0 Å². The molecule has 0 aromatic heterocycles. The minimum absolute atomic E-state index is 0.188. The van der Waals surface area contributed by atoms with Crippen molar-refractivity contribution in [1.82, 2.24) is 0 Å². The van der Waals surface area contributed by atoms with Crippen LogP contribution < -0.4 is 5.73 Å². The van der Waals surface area contributed by atoms with Crippen LogP contribution in [0.3, 0.4) is 0 Å². The first-order valence-electron chi connectivity index (χ1n) is 6.75. The number of nitrogen functional groups attached to an aromatic ring is 1. The summed E-state index contributed by atoms with van der Waals surface area (Å²) in [5, 5.41) is 0.429. The number of carbonyl (C=O) groups excluding carboxylic acids is 2. The summed E-state index contributed by atoms with van der Waals surface area (Å²) in [5.74, 6) is -0.914. The third kappa shape index (κ3) is 3.65. The molecule has 114 valence electrons. The molecular formula is C17H16ClNO3. The van der Waals surface area contributed by atoms with Crippen molar-refractivity contribution >= 4 is 29.0 Å². The Morgan fingerprint density at radius 3 is 2.36 bits per heavy atom. The number of aryl methyl sites for hydroxylation is 1. The summed E-state index contributed by atoms with van der Waals surface area (Å²) in [7, 11) is 0. The van der Waals surface area contributed by atoms with Crippen LogP contribution in [-0.2, 0) is 4.74 Å². The number of rotatable bonds is 4. The highest BCUT2D eigenvalue weighted by Gasteiger charge is 2.21. The zero-order valence-electron chi connectivity index (χ0n) is 12.3. The van der Waals surface area contributed by atoms with Crippen LogP contribution in [0.5, 0.6) is 0 Å². The Morgan fingerprint density at radius 2 is 1.77 bits per heavy atom. The molecule has 0 bridgehead atoms. The van der Waals surface area contributed by atoms with Crippen molar-refractivity contribution in [2.24, 2.45) is 0 Å². The Bertz CT molecular complexity index is 710. The molecule has 0 radical (unpaired) electrons. The predicted octanol–water partition coefficient (Wildman–Crippen LogP) is 3.66. The number of ether oxygens (including phenoxy) is 1. The van der Waals surface area contributed by atoms with Crippen LogP contribution in [0.15, 0.2) is 42.5 Å². The lowest BCUT2D eigenvalue weighted by molar-refractivity contribution is 0.0320. The Hall–Kier alpha value is -2.33. The fourth-order valence-electron chi connectivity index (χ4n) is 1.95. The lowest BCUT2D eigenvalue weighted by atomic mass is 10.1. The van der Waals surface area contributed by atoms with E-state index in [0.29, 0.717) is 10.6 Å². The van der Waals surface area contributed by atoms with E-state index in [1.807, 2.05) is 19.1 Å². The standard InChI is InChI=1S/C17H16ClNO3/c1-10-3-5-12(6-4-10)16(20)11(2)22-17(21)14-8-7-13(18)9-15(14)19/h3-9,11H,19H2,1-2H3/t11-/m0/s1. The number of ketones is 1. The molecule has 0 spiro atoms. The van der Waals surface area contributed by atoms with Crippen molar-refractivity contribution < 1.29 is 14.3 Å². The first-order chi connectivity index (χ1) is 10.4. The van der Waals surface area contributed by atoms with Gasteiger partial charge in [-0.1, -0.05) is 41.4 Å². The van der Waals surface area contributed by atoms with Gasteiger partial charge in [-0.2, -0.15) is 0 Å². The molecule has 0 aliphatic carbocycles. The summed E-state index contributed by atoms with van der Waals surface area (Å²) < 4.78 is 5.19.